The highest BCUT2D eigenvalue weighted by Gasteiger charge is 2.10. The second kappa shape index (κ2) is 6.69. The number of nitrogens with zero attached hydrogens (tertiary/aromatic N) is 5. The third kappa shape index (κ3) is 3.09. The maximum Gasteiger partial charge on any atom is 0.257 e. The van der Waals surface area contributed by atoms with E-state index in [9.17, 15) is 0 Å². The molecule has 0 saturated heterocycles. The number of hydrogen-bond acceptors (Lipinski definition) is 7. The van der Waals surface area contributed by atoms with E-state index in [-0.39, 0.29) is 11.3 Å². The van der Waals surface area contributed by atoms with Crippen LogP contribution in [-0.2, 0) is 6.42 Å². The van der Waals surface area contributed by atoms with Gasteiger partial charge in [-0.1, -0.05) is 18.1 Å². The summed E-state index contributed by atoms with van der Waals surface area (Å²) in [5.74, 6) is 0.964. The molecular weight excluding hydrogens is 280 g/mol. The summed E-state index contributed by atoms with van der Waals surface area (Å²) in [7, 11) is 0. The van der Waals surface area contributed by atoms with Crippen molar-refractivity contribution in [2.75, 3.05) is 5.32 Å². The van der Waals surface area contributed by atoms with Gasteiger partial charge in [-0.2, -0.15) is 20.8 Å². The van der Waals surface area contributed by atoms with Crippen LogP contribution in [0.15, 0.2) is 40.1 Å². The quantitative estimate of drug-likeness (QED) is 0.858. The van der Waals surface area contributed by atoms with Gasteiger partial charge in [0.25, 0.3) is 5.89 Å². The van der Waals surface area contributed by atoms with Gasteiger partial charge in [-0.15, -0.1) is 0 Å². The summed E-state index contributed by atoms with van der Waals surface area (Å²) in [6.45, 7) is 1.92. The molecule has 1 N–H and O–H groups in total. The Morgan fingerprint density at radius 1 is 1.23 bits per heavy atom. The molecule has 2 rings (SSSR count). The fraction of sp³-hybridized carbons (Fsp3) is 0.133. The number of nitriles is 3. The average Bonchev–Trinajstić information content (AvgIpc) is 3.04. The molecule has 1 heterocycles. The van der Waals surface area contributed by atoms with Crippen molar-refractivity contribution in [2.45, 2.75) is 13.3 Å². The first-order chi connectivity index (χ1) is 10.7. The molecule has 2 aromatic rings. The number of nitrogens with one attached hydrogen (secondary N) is 1. The van der Waals surface area contributed by atoms with Crippen molar-refractivity contribution >= 4 is 5.69 Å². The van der Waals surface area contributed by atoms with E-state index < -0.39 is 0 Å². The lowest BCUT2D eigenvalue weighted by Gasteiger charge is -2.05. The van der Waals surface area contributed by atoms with Gasteiger partial charge in [0.15, 0.2) is 11.4 Å². The molecule has 0 aliphatic carbocycles. The molecule has 0 bridgehead atoms. The number of aromatic nitrogens is 2. The van der Waals surface area contributed by atoms with Crippen molar-refractivity contribution in [1.82, 2.24) is 10.1 Å². The normalized spacial score (nSPS) is 9.18. The summed E-state index contributed by atoms with van der Waals surface area (Å²) in [6, 6.07) is 12.1. The van der Waals surface area contributed by atoms with Crippen LogP contribution in [0.1, 0.15) is 12.7 Å². The Labute approximate surface area is 126 Å². The van der Waals surface area contributed by atoms with Gasteiger partial charge >= 0.3 is 0 Å². The molecule has 0 spiro atoms. The lowest BCUT2D eigenvalue weighted by Crippen LogP contribution is -2.00. The summed E-state index contributed by atoms with van der Waals surface area (Å²) in [5.41, 5.74) is 0.819. The van der Waals surface area contributed by atoms with E-state index in [4.69, 9.17) is 20.3 Å². The van der Waals surface area contributed by atoms with Crippen molar-refractivity contribution in [2.24, 2.45) is 0 Å². The number of anilines is 1. The summed E-state index contributed by atoms with van der Waals surface area (Å²) >= 11 is 0. The first-order valence-corrected chi connectivity index (χ1v) is 6.36. The van der Waals surface area contributed by atoms with Gasteiger partial charge in [-0.25, -0.2) is 0 Å². The minimum Gasteiger partial charge on any atom is -0.345 e. The molecule has 1 aromatic heterocycles. The second-order valence-corrected chi connectivity index (χ2v) is 4.16. The van der Waals surface area contributed by atoms with E-state index in [1.807, 2.05) is 6.92 Å². The Bertz CT molecular complexity index is 828. The lowest BCUT2D eigenvalue weighted by molar-refractivity contribution is 0.423. The first-order valence-electron chi connectivity index (χ1n) is 6.36. The number of benzene rings is 1. The molecule has 7 nitrogen and oxygen atoms in total. The van der Waals surface area contributed by atoms with Crippen LogP contribution in [0.3, 0.4) is 0 Å². The van der Waals surface area contributed by atoms with E-state index in [1.165, 1.54) is 0 Å². The van der Waals surface area contributed by atoms with Crippen molar-refractivity contribution in [1.29, 1.82) is 15.8 Å². The molecule has 0 unspecified atom stereocenters. The molecule has 0 radical (unpaired) electrons. The SMILES string of the molecule is CCc1noc(-c2cccc(NC(C#N)=C(C#N)C#N)c2)n1. The van der Waals surface area contributed by atoms with Gasteiger partial charge in [0.2, 0.25) is 0 Å². The summed E-state index contributed by atoms with van der Waals surface area (Å²) < 4.78 is 5.15. The number of hydrogen-bond donors (Lipinski definition) is 1. The Morgan fingerprint density at radius 3 is 2.59 bits per heavy atom. The number of aryl methyl sites for hydroxylation is 1. The second-order valence-electron chi connectivity index (χ2n) is 4.16. The fourth-order valence-electron chi connectivity index (χ4n) is 1.67. The van der Waals surface area contributed by atoms with Crippen LogP contribution in [0, 0.1) is 34.0 Å². The van der Waals surface area contributed by atoms with Crippen molar-refractivity contribution in [3.63, 3.8) is 0 Å². The zero-order chi connectivity index (χ0) is 15.9. The minimum atomic E-state index is -0.279. The van der Waals surface area contributed by atoms with Gasteiger partial charge < -0.3 is 9.84 Å². The topological polar surface area (TPSA) is 122 Å². The lowest BCUT2D eigenvalue weighted by atomic mass is 10.2. The first kappa shape index (κ1) is 14.8. The highest BCUT2D eigenvalue weighted by molar-refractivity contribution is 5.65. The van der Waals surface area contributed by atoms with E-state index in [0.29, 0.717) is 29.4 Å². The van der Waals surface area contributed by atoms with Gasteiger partial charge in [-0.05, 0) is 18.2 Å². The standard InChI is InChI=1S/C15H10N6O/c1-2-14-20-15(22-21-14)10-4-3-5-12(6-10)19-13(9-18)11(7-16)8-17/h3-6,19H,2H2,1H3. The highest BCUT2D eigenvalue weighted by atomic mass is 16.5. The number of rotatable bonds is 4. The highest BCUT2D eigenvalue weighted by Crippen LogP contribution is 2.22. The van der Waals surface area contributed by atoms with E-state index in [0.717, 1.165) is 0 Å². The predicted octanol–water partition coefficient (Wildman–Crippen LogP) is 2.54. The average molecular weight is 290 g/mol. The smallest absolute Gasteiger partial charge is 0.257 e. The third-order valence-corrected chi connectivity index (χ3v) is 2.75. The van der Waals surface area contributed by atoms with Gasteiger partial charge in [0.05, 0.1) is 0 Å². The Hall–Kier alpha value is -3.63. The molecule has 1 aromatic carbocycles. The minimum absolute atomic E-state index is 0.109. The maximum absolute atomic E-state index is 9.03. The van der Waals surface area contributed by atoms with Crippen molar-refractivity contribution < 1.29 is 4.52 Å². The Kier molecular flexibility index (Phi) is 4.49. The molecule has 0 aliphatic heterocycles. The van der Waals surface area contributed by atoms with Crippen molar-refractivity contribution in [3.8, 4) is 29.7 Å². The predicted molar refractivity (Wildman–Crippen MR) is 76.6 cm³/mol. The molecule has 0 atom stereocenters. The van der Waals surface area contributed by atoms with Gasteiger partial charge in [0.1, 0.15) is 23.9 Å². The number of allylic oxidation sites excluding steroid dienone is 2. The summed E-state index contributed by atoms with van der Waals surface area (Å²) in [5, 5.41) is 33.2. The fourth-order valence-corrected chi connectivity index (χ4v) is 1.67. The molecule has 0 saturated carbocycles. The van der Waals surface area contributed by atoms with E-state index in [2.05, 4.69) is 15.5 Å². The molecule has 106 valence electrons. The van der Waals surface area contributed by atoms with Gasteiger partial charge in [-0.3, -0.25) is 0 Å². The molecule has 0 amide bonds. The zero-order valence-electron chi connectivity index (χ0n) is 11.7. The summed E-state index contributed by atoms with van der Waals surface area (Å²) in [4.78, 5) is 4.22. The Morgan fingerprint density at radius 2 is 2.00 bits per heavy atom. The van der Waals surface area contributed by atoms with E-state index in [1.54, 1.807) is 42.5 Å². The van der Waals surface area contributed by atoms with Crippen LogP contribution in [0.5, 0.6) is 0 Å². The molecule has 0 aliphatic rings. The largest absolute Gasteiger partial charge is 0.345 e. The molecule has 0 fully saturated rings. The van der Waals surface area contributed by atoms with Crippen LogP contribution >= 0.6 is 0 Å². The molecular formula is C15H10N6O. The van der Waals surface area contributed by atoms with Crippen LogP contribution in [0.4, 0.5) is 5.69 Å². The van der Waals surface area contributed by atoms with Gasteiger partial charge in [0, 0.05) is 17.7 Å². The molecule has 7 heteroatoms. The zero-order valence-corrected chi connectivity index (χ0v) is 11.7. The van der Waals surface area contributed by atoms with Crippen LogP contribution in [0.25, 0.3) is 11.5 Å². The van der Waals surface area contributed by atoms with Crippen LogP contribution in [0.2, 0.25) is 0 Å². The van der Waals surface area contributed by atoms with Crippen LogP contribution in [-0.4, -0.2) is 10.1 Å². The van der Waals surface area contributed by atoms with E-state index >= 15 is 0 Å². The van der Waals surface area contributed by atoms with Crippen LogP contribution < -0.4 is 5.32 Å². The molecule has 22 heavy (non-hydrogen) atoms. The van der Waals surface area contributed by atoms with Crippen molar-refractivity contribution in [3.05, 3.63) is 41.4 Å². The monoisotopic (exact) mass is 290 g/mol. The Balaban J connectivity index is 2.34. The summed E-state index contributed by atoms with van der Waals surface area (Å²) in [6.07, 6.45) is 0.663. The third-order valence-electron chi connectivity index (χ3n) is 2.75. The maximum atomic E-state index is 9.03.